The Hall–Kier alpha value is -3.73. The second-order valence-electron chi connectivity index (χ2n) is 8.32. The summed E-state index contributed by atoms with van der Waals surface area (Å²) in [4.78, 5) is 18.3. The van der Waals surface area contributed by atoms with E-state index in [1.165, 1.54) is 24.5 Å². The van der Waals surface area contributed by atoms with Crippen molar-refractivity contribution in [2.24, 2.45) is 0 Å². The molecule has 10 heteroatoms. The molecule has 0 aliphatic carbocycles. The Balaban J connectivity index is 1.31. The molecule has 3 heterocycles. The van der Waals surface area contributed by atoms with Gasteiger partial charge in [0.1, 0.15) is 36.6 Å². The fourth-order valence-corrected chi connectivity index (χ4v) is 5.26. The molecule has 2 aromatic heterocycles. The van der Waals surface area contributed by atoms with Gasteiger partial charge >= 0.3 is 0 Å². The monoisotopic (exact) mass is 524 g/mol. The van der Waals surface area contributed by atoms with Crippen LogP contribution in [0, 0.1) is 5.82 Å². The molecule has 192 valence electrons. The van der Waals surface area contributed by atoms with Gasteiger partial charge in [0.2, 0.25) is 0 Å². The molecule has 0 saturated heterocycles. The smallest absolute Gasteiger partial charge is 0.251 e. The van der Waals surface area contributed by atoms with Crippen molar-refractivity contribution < 1.29 is 33.2 Å². The highest BCUT2D eigenvalue weighted by Gasteiger charge is 2.26. The van der Waals surface area contributed by atoms with E-state index in [2.05, 4.69) is 10.3 Å². The van der Waals surface area contributed by atoms with Crippen molar-refractivity contribution in [2.45, 2.75) is 12.7 Å². The van der Waals surface area contributed by atoms with Gasteiger partial charge in [0.05, 0.1) is 29.0 Å². The first-order valence-corrected chi connectivity index (χ1v) is 12.4. The Labute approximate surface area is 216 Å². The number of fused-ring (bicyclic) bond motifs is 5. The van der Waals surface area contributed by atoms with E-state index in [0.717, 1.165) is 15.8 Å². The van der Waals surface area contributed by atoms with Gasteiger partial charge in [0.25, 0.3) is 5.91 Å². The number of aliphatic hydroxyl groups is 1. The predicted molar refractivity (Wildman–Crippen MR) is 137 cm³/mol. The summed E-state index contributed by atoms with van der Waals surface area (Å²) in [6.07, 6.45) is -1.07. The van der Waals surface area contributed by atoms with Crippen LogP contribution < -0.4 is 19.5 Å². The molecule has 4 aromatic rings. The molecule has 0 fully saturated rings. The van der Waals surface area contributed by atoms with Crippen LogP contribution in [0.2, 0.25) is 0 Å². The zero-order valence-corrected chi connectivity index (χ0v) is 21.1. The maximum atomic E-state index is 14.4. The van der Waals surface area contributed by atoms with Crippen molar-refractivity contribution in [1.82, 2.24) is 10.3 Å². The molecule has 1 atom stereocenters. The Morgan fingerprint density at radius 1 is 1.19 bits per heavy atom. The number of nitrogens with zero attached hydrogens (tertiary/aromatic N) is 1. The lowest BCUT2D eigenvalue weighted by Crippen LogP contribution is -2.28. The summed E-state index contributed by atoms with van der Waals surface area (Å²) < 4.78 is 36.6. The van der Waals surface area contributed by atoms with Crippen LogP contribution in [0.3, 0.4) is 0 Å². The van der Waals surface area contributed by atoms with Gasteiger partial charge in [0, 0.05) is 30.2 Å². The average molecular weight is 525 g/mol. The van der Waals surface area contributed by atoms with Crippen LogP contribution in [0.15, 0.2) is 48.5 Å². The van der Waals surface area contributed by atoms with E-state index in [1.807, 2.05) is 6.07 Å². The number of halogens is 1. The number of ether oxygens (including phenoxy) is 4. The molecule has 1 amide bonds. The van der Waals surface area contributed by atoms with Gasteiger partial charge in [-0.3, -0.25) is 4.79 Å². The molecule has 0 saturated carbocycles. The molecule has 8 nitrogen and oxygen atoms in total. The summed E-state index contributed by atoms with van der Waals surface area (Å²) in [5.74, 6) is 0.802. The number of nitrogens with one attached hydrogen (secondary N) is 1. The van der Waals surface area contributed by atoms with E-state index in [4.69, 9.17) is 18.9 Å². The summed E-state index contributed by atoms with van der Waals surface area (Å²) in [6.45, 7) is 1.04. The number of hydrogen-bond donors (Lipinski definition) is 2. The van der Waals surface area contributed by atoms with Gasteiger partial charge < -0.3 is 29.4 Å². The molecule has 0 bridgehead atoms. The first kappa shape index (κ1) is 24.9. The van der Waals surface area contributed by atoms with E-state index in [1.54, 1.807) is 43.5 Å². The number of aromatic nitrogens is 1. The highest BCUT2D eigenvalue weighted by atomic mass is 32.1. The van der Waals surface area contributed by atoms with Crippen molar-refractivity contribution >= 4 is 27.3 Å². The zero-order chi connectivity index (χ0) is 25.9. The molecule has 1 aliphatic rings. The number of amides is 1. The standard InChI is InChI=1S/C27H25FN2O6S/c1-33-10-11-35-20-8-6-15(12-22(20)34-2)27(32)29-13-19(31)18-7-9-21-25(30-18)24-16-4-3-5-17(28)26(16)37-23(24)14-36-21/h3-9,12,19,31H,10-11,13-14H2,1-2H3,(H,29,32). The van der Waals surface area contributed by atoms with Gasteiger partial charge in [-0.25, -0.2) is 9.37 Å². The summed E-state index contributed by atoms with van der Waals surface area (Å²) in [5.41, 5.74) is 2.09. The first-order valence-electron chi connectivity index (χ1n) is 11.6. The van der Waals surface area contributed by atoms with Crippen molar-refractivity contribution in [1.29, 1.82) is 0 Å². The molecule has 0 spiro atoms. The molecule has 37 heavy (non-hydrogen) atoms. The highest BCUT2D eigenvalue weighted by molar-refractivity contribution is 7.19. The van der Waals surface area contributed by atoms with E-state index < -0.39 is 6.10 Å². The summed E-state index contributed by atoms with van der Waals surface area (Å²) >= 11 is 1.34. The van der Waals surface area contributed by atoms with Crippen LogP contribution in [0.1, 0.15) is 27.0 Å². The fraction of sp³-hybridized carbons (Fsp3) is 0.259. The number of methoxy groups -OCH3 is 2. The third-order valence-electron chi connectivity index (χ3n) is 5.98. The predicted octanol–water partition coefficient (Wildman–Crippen LogP) is 4.49. The largest absolute Gasteiger partial charge is 0.493 e. The van der Waals surface area contributed by atoms with Crippen LogP contribution in [-0.2, 0) is 11.3 Å². The van der Waals surface area contributed by atoms with Gasteiger partial charge in [-0.1, -0.05) is 12.1 Å². The molecule has 0 radical (unpaired) electrons. The molecule has 2 N–H and O–H groups in total. The van der Waals surface area contributed by atoms with Crippen molar-refractivity contribution in [3.05, 3.63) is 70.5 Å². The number of rotatable bonds is 9. The quantitative estimate of drug-likeness (QED) is 0.311. The second kappa shape index (κ2) is 10.7. The van der Waals surface area contributed by atoms with Crippen LogP contribution >= 0.6 is 11.3 Å². The zero-order valence-electron chi connectivity index (χ0n) is 20.2. The Kier molecular flexibility index (Phi) is 7.22. The average Bonchev–Trinajstić information content (AvgIpc) is 3.32. The lowest BCUT2D eigenvalue weighted by molar-refractivity contribution is 0.0913. The van der Waals surface area contributed by atoms with Gasteiger partial charge in [-0.15, -0.1) is 11.3 Å². The van der Waals surface area contributed by atoms with E-state index in [-0.39, 0.29) is 18.3 Å². The number of hydrogen-bond acceptors (Lipinski definition) is 8. The SMILES string of the molecule is COCCOc1ccc(C(=O)NCC(O)c2ccc3c(n2)-c2c(sc4c(F)cccc24)CO3)cc1OC. The summed E-state index contributed by atoms with van der Waals surface area (Å²) in [7, 11) is 3.07. The minimum absolute atomic E-state index is 0.0637. The van der Waals surface area contributed by atoms with Gasteiger partial charge in [-0.2, -0.15) is 0 Å². The normalized spacial score (nSPS) is 12.9. The van der Waals surface area contributed by atoms with Gasteiger partial charge in [0.15, 0.2) is 11.5 Å². The summed E-state index contributed by atoms with van der Waals surface area (Å²) in [6, 6.07) is 13.2. The molecule has 2 aromatic carbocycles. The molecular formula is C27H25FN2O6S. The minimum Gasteiger partial charge on any atom is -0.493 e. The number of pyridine rings is 1. The lowest BCUT2D eigenvalue weighted by Gasteiger charge is -2.19. The summed E-state index contributed by atoms with van der Waals surface area (Å²) in [5, 5.41) is 14.3. The van der Waals surface area contributed by atoms with E-state index in [9.17, 15) is 14.3 Å². The number of aliphatic hydroxyl groups excluding tert-OH is 1. The third kappa shape index (κ3) is 4.95. The number of carbonyl (C=O) groups is 1. The number of benzene rings is 2. The molecular weight excluding hydrogens is 499 g/mol. The van der Waals surface area contributed by atoms with Gasteiger partial charge in [-0.05, 0) is 36.4 Å². The maximum absolute atomic E-state index is 14.4. The lowest BCUT2D eigenvalue weighted by atomic mass is 10.0. The van der Waals surface area contributed by atoms with Crippen molar-refractivity contribution in [2.75, 3.05) is 34.0 Å². The second-order valence-corrected chi connectivity index (χ2v) is 9.43. The number of thiophene rings is 1. The first-order chi connectivity index (χ1) is 18.0. The van der Waals surface area contributed by atoms with Crippen LogP contribution in [-0.4, -0.2) is 50.0 Å². The Morgan fingerprint density at radius 2 is 2.05 bits per heavy atom. The van der Waals surface area contributed by atoms with E-state index in [0.29, 0.717) is 58.7 Å². The Bertz CT molecular complexity index is 1460. The Morgan fingerprint density at radius 3 is 2.86 bits per heavy atom. The third-order valence-corrected chi connectivity index (χ3v) is 7.17. The topological polar surface area (TPSA) is 99.1 Å². The maximum Gasteiger partial charge on any atom is 0.251 e. The van der Waals surface area contributed by atoms with Crippen molar-refractivity contribution in [3.8, 4) is 28.5 Å². The van der Waals surface area contributed by atoms with Crippen molar-refractivity contribution in [3.63, 3.8) is 0 Å². The van der Waals surface area contributed by atoms with Crippen LogP contribution in [0.25, 0.3) is 21.3 Å². The molecule has 1 unspecified atom stereocenters. The van der Waals surface area contributed by atoms with Crippen LogP contribution in [0.4, 0.5) is 4.39 Å². The minimum atomic E-state index is -1.07. The highest BCUT2D eigenvalue weighted by Crippen LogP contribution is 2.46. The van der Waals surface area contributed by atoms with E-state index >= 15 is 0 Å². The molecule has 5 rings (SSSR count). The fourth-order valence-electron chi connectivity index (χ4n) is 4.14. The van der Waals surface area contributed by atoms with Crippen LogP contribution in [0.5, 0.6) is 17.2 Å². The number of carbonyl (C=O) groups excluding carboxylic acids is 1. The molecule has 1 aliphatic heterocycles.